The maximum Gasteiger partial charge on any atom is 0.217 e. The van der Waals surface area contributed by atoms with E-state index in [0.29, 0.717) is 10.6 Å². The predicted octanol–water partition coefficient (Wildman–Crippen LogP) is 0.587. The first-order valence-corrected chi connectivity index (χ1v) is 3.33. The monoisotopic (exact) mass is 190 g/mol. The number of halogens is 1. The molecule has 0 saturated carbocycles. The highest BCUT2D eigenvalue weighted by atomic mass is 79.9. The molecule has 3 N–H and O–H groups in total. The summed E-state index contributed by atoms with van der Waals surface area (Å²) >= 11 is 3.09. The molecule has 0 aliphatic carbocycles. The van der Waals surface area contributed by atoms with Gasteiger partial charge in [0.1, 0.15) is 5.82 Å². The maximum atomic E-state index is 5.47. The van der Waals surface area contributed by atoms with Crippen molar-refractivity contribution >= 4 is 15.9 Å². The van der Waals surface area contributed by atoms with Gasteiger partial charge >= 0.3 is 0 Å². The van der Waals surface area contributed by atoms with Crippen LogP contribution in [0.15, 0.2) is 4.73 Å². The Morgan fingerprint density at radius 2 is 2.44 bits per heavy atom. The summed E-state index contributed by atoms with van der Waals surface area (Å²) in [4.78, 5) is 3.94. The molecule has 0 amide bonds. The smallest absolute Gasteiger partial charge is 0.217 e. The van der Waals surface area contributed by atoms with Crippen LogP contribution in [0.25, 0.3) is 0 Å². The molecule has 0 unspecified atom stereocenters. The van der Waals surface area contributed by atoms with Crippen molar-refractivity contribution in [3.8, 4) is 0 Å². The second-order valence-electron chi connectivity index (χ2n) is 1.78. The molecule has 0 aliphatic rings. The third-order valence-corrected chi connectivity index (χ3v) is 1.26. The molecule has 50 valence electrons. The molecule has 9 heavy (non-hydrogen) atoms. The largest absolute Gasteiger partial charge is 0.322 e. The minimum Gasteiger partial charge on any atom is -0.322 e. The van der Waals surface area contributed by atoms with Crippen LogP contribution in [0.2, 0.25) is 0 Å². The number of nitrogens with zero attached hydrogens (tertiary/aromatic N) is 2. The van der Waals surface area contributed by atoms with Gasteiger partial charge in [-0.2, -0.15) is 0 Å². The number of nitrogens with two attached hydrogens (primary N) is 1. The summed E-state index contributed by atoms with van der Waals surface area (Å²) in [5, 5.41) is 6.41. The number of aromatic nitrogens is 3. The van der Waals surface area contributed by atoms with Crippen molar-refractivity contribution in [2.45, 2.75) is 13.0 Å². The highest BCUT2D eigenvalue weighted by Crippen LogP contribution is 2.05. The molecule has 0 saturated heterocycles. The quantitative estimate of drug-likeness (QED) is 0.682. The van der Waals surface area contributed by atoms with E-state index in [9.17, 15) is 0 Å². The van der Waals surface area contributed by atoms with Crippen molar-refractivity contribution < 1.29 is 0 Å². The first kappa shape index (κ1) is 6.70. The number of hydrogen-bond acceptors (Lipinski definition) is 3. The summed E-state index contributed by atoms with van der Waals surface area (Å²) in [6.07, 6.45) is 0. The Morgan fingerprint density at radius 1 is 1.78 bits per heavy atom. The van der Waals surface area contributed by atoms with E-state index in [1.165, 1.54) is 0 Å². The van der Waals surface area contributed by atoms with Crippen LogP contribution in [0.4, 0.5) is 0 Å². The fourth-order valence-corrected chi connectivity index (χ4v) is 0.736. The molecule has 1 rings (SSSR count). The molecular weight excluding hydrogens is 184 g/mol. The number of rotatable bonds is 1. The number of hydrogen-bond donors (Lipinski definition) is 2. The van der Waals surface area contributed by atoms with Crippen LogP contribution in [-0.4, -0.2) is 15.2 Å². The zero-order chi connectivity index (χ0) is 6.85. The van der Waals surface area contributed by atoms with E-state index in [1.54, 1.807) is 0 Å². The lowest BCUT2D eigenvalue weighted by Crippen LogP contribution is -2.06. The second-order valence-corrected chi connectivity index (χ2v) is 2.49. The number of aromatic amines is 1. The van der Waals surface area contributed by atoms with Gasteiger partial charge in [-0.3, -0.25) is 5.10 Å². The first-order valence-electron chi connectivity index (χ1n) is 2.53. The summed E-state index contributed by atoms with van der Waals surface area (Å²) in [7, 11) is 0. The van der Waals surface area contributed by atoms with E-state index in [4.69, 9.17) is 5.73 Å². The van der Waals surface area contributed by atoms with Crippen LogP contribution in [0.3, 0.4) is 0 Å². The van der Waals surface area contributed by atoms with Crippen molar-refractivity contribution in [3.05, 3.63) is 10.6 Å². The molecule has 1 aromatic heterocycles. The topological polar surface area (TPSA) is 67.6 Å². The highest BCUT2D eigenvalue weighted by molar-refractivity contribution is 9.10. The maximum absolute atomic E-state index is 5.47. The fourth-order valence-electron chi connectivity index (χ4n) is 0.456. The van der Waals surface area contributed by atoms with E-state index < -0.39 is 0 Å². The van der Waals surface area contributed by atoms with E-state index >= 15 is 0 Å². The van der Waals surface area contributed by atoms with Gasteiger partial charge in [0.25, 0.3) is 0 Å². The molecule has 0 bridgehead atoms. The van der Waals surface area contributed by atoms with E-state index in [0.717, 1.165) is 0 Å². The van der Waals surface area contributed by atoms with Gasteiger partial charge in [-0.1, -0.05) is 0 Å². The molecule has 0 radical (unpaired) electrons. The minimum atomic E-state index is -0.0798. The van der Waals surface area contributed by atoms with Crippen molar-refractivity contribution in [3.63, 3.8) is 0 Å². The Morgan fingerprint density at radius 3 is 2.67 bits per heavy atom. The third kappa shape index (κ3) is 1.49. The van der Waals surface area contributed by atoms with Gasteiger partial charge in [0.05, 0.1) is 6.04 Å². The fraction of sp³-hybridized carbons (Fsp3) is 0.500. The van der Waals surface area contributed by atoms with E-state index in [2.05, 4.69) is 31.1 Å². The molecule has 1 heterocycles. The van der Waals surface area contributed by atoms with Gasteiger partial charge in [0.2, 0.25) is 4.73 Å². The van der Waals surface area contributed by atoms with Gasteiger partial charge in [0.15, 0.2) is 0 Å². The van der Waals surface area contributed by atoms with Crippen LogP contribution in [0.1, 0.15) is 18.8 Å². The molecule has 5 heteroatoms. The van der Waals surface area contributed by atoms with Crippen molar-refractivity contribution in [1.82, 2.24) is 15.2 Å². The molecular formula is C4H7BrN4. The van der Waals surface area contributed by atoms with Crippen molar-refractivity contribution in [2.24, 2.45) is 5.73 Å². The lowest BCUT2D eigenvalue weighted by atomic mass is 10.4. The average Bonchev–Trinajstić information content (AvgIpc) is 2.14. The predicted molar refractivity (Wildman–Crippen MR) is 36.7 cm³/mol. The van der Waals surface area contributed by atoms with Crippen LogP contribution in [0.5, 0.6) is 0 Å². The van der Waals surface area contributed by atoms with Gasteiger partial charge < -0.3 is 5.73 Å². The standard InChI is InChI=1S/C4H7BrN4/c1-2(6)3-7-4(5)9-8-3/h2H,6H2,1H3,(H,7,8,9)/t2-/m0/s1. The van der Waals surface area contributed by atoms with Gasteiger partial charge in [-0.25, -0.2) is 4.98 Å². The summed E-state index contributed by atoms with van der Waals surface area (Å²) in [6.45, 7) is 1.84. The SMILES string of the molecule is C[C@H](N)c1nc(Br)n[nH]1. The third-order valence-electron chi connectivity index (χ3n) is 0.907. The molecule has 1 atom stereocenters. The van der Waals surface area contributed by atoms with Crippen LogP contribution >= 0.6 is 15.9 Å². The van der Waals surface area contributed by atoms with Gasteiger partial charge in [-0.15, -0.1) is 5.10 Å². The lowest BCUT2D eigenvalue weighted by Gasteiger charge is -1.94. The molecule has 0 fully saturated rings. The molecule has 4 nitrogen and oxygen atoms in total. The summed E-state index contributed by atoms with van der Waals surface area (Å²) in [5.74, 6) is 0.696. The normalized spacial score (nSPS) is 13.7. The van der Waals surface area contributed by atoms with E-state index in [-0.39, 0.29) is 6.04 Å². The minimum absolute atomic E-state index is 0.0798. The van der Waals surface area contributed by atoms with Crippen LogP contribution in [0, 0.1) is 0 Å². The average molecular weight is 191 g/mol. The summed E-state index contributed by atoms with van der Waals surface area (Å²) < 4.78 is 0.551. The Labute approximate surface area is 61.0 Å². The van der Waals surface area contributed by atoms with Crippen LogP contribution in [-0.2, 0) is 0 Å². The van der Waals surface area contributed by atoms with Crippen molar-refractivity contribution in [2.75, 3.05) is 0 Å². The van der Waals surface area contributed by atoms with Gasteiger partial charge in [-0.05, 0) is 22.9 Å². The molecule has 1 aromatic rings. The Bertz CT molecular complexity index is 194. The molecule has 0 aromatic carbocycles. The zero-order valence-corrected chi connectivity index (χ0v) is 6.51. The Balaban J connectivity index is 2.85. The molecule has 0 aliphatic heterocycles. The highest BCUT2D eigenvalue weighted by Gasteiger charge is 2.02. The zero-order valence-electron chi connectivity index (χ0n) is 4.93. The summed E-state index contributed by atoms with van der Waals surface area (Å²) in [6, 6.07) is -0.0798. The molecule has 0 spiro atoms. The first-order chi connectivity index (χ1) is 4.20. The van der Waals surface area contributed by atoms with E-state index in [1.807, 2.05) is 6.92 Å². The summed E-state index contributed by atoms with van der Waals surface area (Å²) in [5.41, 5.74) is 5.47. The van der Waals surface area contributed by atoms with Gasteiger partial charge in [0, 0.05) is 0 Å². The lowest BCUT2D eigenvalue weighted by molar-refractivity contribution is 0.745. The number of nitrogens with one attached hydrogen (secondary N) is 1. The Hall–Kier alpha value is -0.420. The van der Waals surface area contributed by atoms with Crippen molar-refractivity contribution in [1.29, 1.82) is 0 Å². The number of H-pyrrole nitrogens is 1. The van der Waals surface area contributed by atoms with Crippen LogP contribution < -0.4 is 5.73 Å². The Kier molecular flexibility index (Phi) is 1.82. The second kappa shape index (κ2) is 2.45.